The number of nitrogens with zero attached hydrogens (tertiary/aromatic N) is 2. The molecule has 1 amide bonds. The SMILES string of the molecule is Cc1nnc(NC(=O)[C@H]2Cc3ccccc3CN2)o1. The van der Waals surface area contributed by atoms with Gasteiger partial charge in [-0.2, -0.15) is 0 Å². The minimum atomic E-state index is -0.276. The van der Waals surface area contributed by atoms with E-state index >= 15 is 0 Å². The van der Waals surface area contributed by atoms with Crippen molar-refractivity contribution in [1.82, 2.24) is 15.5 Å². The van der Waals surface area contributed by atoms with E-state index in [1.807, 2.05) is 18.2 Å². The van der Waals surface area contributed by atoms with Crippen molar-refractivity contribution >= 4 is 11.9 Å². The summed E-state index contributed by atoms with van der Waals surface area (Å²) in [5, 5.41) is 13.2. The van der Waals surface area contributed by atoms with Crippen molar-refractivity contribution in [3.8, 4) is 0 Å². The highest BCUT2D eigenvalue weighted by atomic mass is 16.4. The zero-order chi connectivity index (χ0) is 13.2. The van der Waals surface area contributed by atoms with Crippen LogP contribution in [-0.4, -0.2) is 22.1 Å². The van der Waals surface area contributed by atoms with Gasteiger partial charge in [0.05, 0.1) is 6.04 Å². The first-order chi connectivity index (χ1) is 9.22. The fraction of sp³-hybridized carbons (Fsp3) is 0.308. The monoisotopic (exact) mass is 258 g/mol. The van der Waals surface area contributed by atoms with E-state index in [0.717, 1.165) is 0 Å². The first kappa shape index (κ1) is 11.9. The second kappa shape index (κ2) is 4.81. The summed E-state index contributed by atoms with van der Waals surface area (Å²) in [5.41, 5.74) is 2.43. The summed E-state index contributed by atoms with van der Waals surface area (Å²) >= 11 is 0. The average Bonchev–Trinajstić information content (AvgIpc) is 2.83. The topological polar surface area (TPSA) is 80.0 Å². The van der Waals surface area contributed by atoms with Crippen LogP contribution in [0, 0.1) is 6.92 Å². The Morgan fingerprint density at radius 2 is 2.16 bits per heavy atom. The van der Waals surface area contributed by atoms with E-state index in [-0.39, 0.29) is 18.0 Å². The molecule has 3 rings (SSSR count). The molecule has 1 atom stereocenters. The van der Waals surface area contributed by atoms with E-state index in [1.54, 1.807) is 6.92 Å². The van der Waals surface area contributed by atoms with Gasteiger partial charge in [-0.1, -0.05) is 29.4 Å². The lowest BCUT2D eigenvalue weighted by Gasteiger charge is -2.24. The van der Waals surface area contributed by atoms with Crippen LogP contribution in [0.5, 0.6) is 0 Å². The van der Waals surface area contributed by atoms with Crippen molar-refractivity contribution < 1.29 is 9.21 Å². The molecular formula is C13H14N4O2. The summed E-state index contributed by atoms with van der Waals surface area (Å²) in [4.78, 5) is 12.1. The third-order valence-corrected chi connectivity index (χ3v) is 3.15. The van der Waals surface area contributed by atoms with Gasteiger partial charge < -0.3 is 9.73 Å². The minimum Gasteiger partial charge on any atom is -0.408 e. The van der Waals surface area contributed by atoms with Crippen LogP contribution in [0.25, 0.3) is 0 Å². The standard InChI is InChI=1S/C13H14N4O2/c1-8-16-17-13(19-8)15-12(18)11-6-9-4-2-3-5-10(9)7-14-11/h2-5,11,14H,6-7H2,1H3,(H,15,17,18)/t11-/m1/s1. The van der Waals surface area contributed by atoms with Gasteiger partial charge in [-0.15, -0.1) is 5.10 Å². The van der Waals surface area contributed by atoms with Gasteiger partial charge in [0, 0.05) is 13.5 Å². The molecule has 98 valence electrons. The molecule has 0 radical (unpaired) electrons. The van der Waals surface area contributed by atoms with Gasteiger partial charge in [0.1, 0.15) is 0 Å². The van der Waals surface area contributed by atoms with Crippen LogP contribution in [0.4, 0.5) is 6.01 Å². The quantitative estimate of drug-likeness (QED) is 0.841. The van der Waals surface area contributed by atoms with Crippen LogP contribution in [0.2, 0.25) is 0 Å². The van der Waals surface area contributed by atoms with E-state index in [9.17, 15) is 4.79 Å². The van der Waals surface area contributed by atoms with Gasteiger partial charge in [-0.3, -0.25) is 10.1 Å². The highest BCUT2D eigenvalue weighted by molar-refractivity contribution is 5.93. The van der Waals surface area contributed by atoms with E-state index in [2.05, 4.69) is 26.9 Å². The van der Waals surface area contributed by atoms with Crippen LogP contribution in [0.1, 0.15) is 17.0 Å². The molecule has 0 fully saturated rings. The summed E-state index contributed by atoms with van der Waals surface area (Å²) in [6, 6.07) is 7.97. The summed E-state index contributed by atoms with van der Waals surface area (Å²) in [7, 11) is 0. The molecule has 2 heterocycles. The fourth-order valence-corrected chi connectivity index (χ4v) is 2.18. The smallest absolute Gasteiger partial charge is 0.322 e. The molecule has 0 unspecified atom stereocenters. The van der Waals surface area contributed by atoms with Crippen LogP contribution in [0.15, 0.2) is 28.7 Å². The molecule has 0 saturated carbocycles. The first-order valence-electron chi connectivity index (χ1n) is 6.13. The molecule has 1 aromatic carbocycles. The molecule has 6 nitrogen and oxygen atoms in total. The molecule has 0 spiro atoms. The lowest BCUT2D eigenvalue weighted by Crippen LogP contribution is -2.44. The molecule has 6 heteroatoms. The summed E-state index contributed by atoms with van der Waals surface area (Å²) < 4.78 is 5.13. The number of hydrogen-bond donors (Lipinski definition) is 2. The second-order valence-corrected chi connectivity index (χ2v) is 4.52. The van der Waals surface area contributed by atoms with E-state index in [4.69, 9.17) is 4.42 Å². The van der Waals surface area contributed by atoms with Gasteiger partial charge in [-0.05, 0) is 17.5 Å². The van der Waals surface area contributed by atoms with Crippen molar-refractivity contribution in [3.05, 3.63) is 41.3 Å². The van der Waals surface area contributed by atoms with Gasteiger partial charge in [0.2, 0.25) is 11.8 Å². The highest BCUT2D eigenvalue weighted by Crippen LogP contribution is 2.17. The van der Waals surface area contributed by atoms with Crippen molar-refractivity contribution in [1.29, 1.82) is 0 Å². The van der Waals surface area contributed by atoms with Crippen LogP contribution >= 0.6 is 0 Å². The van der Waals surface area contributed by atoms with Crippen LogP contribution in [-0.2, 0) is 17.8 Å². The molecule has 19 heavy (non-hydrogen) atoms. The lowest BCUT2D eigenvalue weighted by atomic mass is 9.95. The molecule has 1 aliphatic rings. The van der Waals surface area contributed by atoms with Crippen LogP contribution in [0.3, 0.4) is 0 Å². The number of amides is 1. The predicted molar refractivity (Wildman–Crippen MR) is 68.4 cm³/mol. The average molecular weight is 258 g/mol. The minimum absolute atomic E-state index is 0.142. The Labute approximate surface area is 110 Å². The molecule has 1 aliphatic heterocycles. The van der Waals surface area contributed by atoms with Gasteiger partial charge in [-0.25, -0.2) is 0 Å². The maximum absolute atomic E-state index is 12.1. The first-order valence-corrected chi connectivity index (χ1v) is 6.13. The third kappa shape index (κ3) is 2.48. The number of carbonyl (C=O) groups excluding carboxylic acids is 1. The molecule has 2 N–H and O–H groups in total. The van der Waals surface area contributed by atoms with Gasteiger partial charge in [0.15, 0.2) is 0 Å². The number of nitrogens with one attached hydrogen (secondary N) is 2. The summed E-state index contributed by atoms with van der Waals surface area (Å²) in [6.45, 7) is 2.37. The predicted octanol–water partition coefficient (Wildman–Crippen LogP) is 1.03. The Hall–Kier alpha value is -2.21. The maximum atomic E-state index is 12.1. The molecule has 1 aromatic heterocycles. The second-order valence-electron chi connectivity index (χ2n) is 4.52. The number of aryl methyl sites for hydroxylation is 1. The van der Waals surface area contributed by atoms with Crippen molar-refractivity contribution in [2.75, 3.05) is 5.32 Å². The number of benzene rings is 1. The number of carbonyl (C=O) groups is 1. The van der Waals surface area contributed by atoms with Crippen LogP contribution < -0.4 is 10.6 Å². The normalized spacial score (nSPS) is 17.8. The lowest BCUT2D eigenvalue weighted by molar-refractivity contribution is -0.118. The molecule has 0 bridgehead atoms. The molecule has 2 aromatic rings. The van der Waals surface area contributed by atoms with E-state index in [1.165, 1.54) is 11.1 Å². The third-order valence-electron chi connectivity index (χ3n) is 3.15. The Balaban J connectivity index is 1.69. The zero-order valence-corrected chi connectivity index (χ0v) is 10.5. The van der Waals surface area contributed by atoms with E-state index < -0.39 is 0 Å². The molecule has 0 saturated heterocycles. The highest BCUT2D eigenvalue weighted by Gasteiger charge is 2.24. The number of aromatic nitrogens is 2. The Kier molecular flexibility index (Phi) is 3.00. The number of anilines is 1. The summed E-state index contributed by atoms with van der Waals surface area (Å²) in [6.07, 6.45) is 0.662. The van der Waals surface area contributed by atoms with E-state index in [0.29, 0.717) is 18.9 Å². The Bertz CT molecular complexity index is 608. The van der Waals surface area contributed by atoms with Gasteiger partial charge >= 0.3 is 6.01 Å². The van der Waals surface area contributed by atoms with Crippen molar-refractivity contribution in [3.63, 3.8) is 0 Å². The van der Waals surface area contributed by atoms with Gasteiger partial charge in [0.25, 0.3) is 0 Å². The largest absolute Gasteiger partial charge is 0.408 e. The van der Waals surface area contributed by atoms with Crippen molar-refractivity contribution in [2.24, 2.45) is 0 Å². The molecular weight excluding hydrogens is 244 g/mol. The Morgan fingerprint density at radius 3 is 2.89 bits per heavy atom. The number of hydrogen-bond acceptors (Lipinski definition) is 5. The summed E-state index contributed by atoms with van der Waals surface area (Å²) in [5.74, 6) is 0.274. The molecule has 0 aliphatic carbocycles. The fourth-order valence-electron chi connectivity index (χ4n) is 2.18. The maximum Gasteiger partial charge on any atom is 0.322 e. The Morgan fingerprint density at radius 1 is 1.37 bits per heavy atom. The number of rotatable bonds is 2. The van der Waals surface area contributed by atoms with Crippen molar-refractivity contribution in [2.45, 2.75) is 25.9 Å². The number of fused-ring (bicyclic) bond motifs is 1. The zero-order valence-electron chi connectivity index (χ0n) is 10.5.